The van der Waals surface area contributed by atoms with Gasteiger partial charge < -0.3 is 10.5 Å². The number of methoxy groups -OCH3 is 1. The lowest BCUT2D eigenvalue weighted by atomic mass is 9.81. The highest BCUT2D eigenvalue weighted by Crippen LogP contribution is 2.33. The number of thiazole rings is 1. The van der Waals surface area contributed by atoms with E-state index in [-0.39, 0.29) is 5.56 Å². The summed E-state index contributed by atoms with van der Waals surface area (Å²) in [6, 6.07) is 18.5. The number of hydrogen-bond acceptors (Lipinski definition) is 6. The van der Waals surface area contributed by atoms with Crippen LogP contribution in [0.4, 0.5) is 0 Å². The maximum Gasteiger partial charge on any atom is 0.277 e. The first-order valence-electron chi connectivity index (χ1n) is 10.1. The third-order valence-electron chi connectivity index (χ3n) is 5.42. The molecule has 4 aromatic rings. The van der Waals surface area contributed by atoms with E-state index in [9.17, 15) is 14.9 Å². The molecule has 166 valence electrons. The van der Waals surface area contributed by atoms with E-state index in [2.05, 4.69) is 10.1 Å². The number of primary amides is 1. The number of H-pyrrole nitrogens is 1. The largest absolute Gasteiger partial charge is 0.497 e. The fourth-order valence-corrected chi connectivity index (χ4v) is 4.69. The van der Waals surface area contributed by atoms with E-state index in [0.717, 1.165) is 16.2 Å². The van der Waals surface area contributed by atoms with Crippen LogP contribution in [0.3, 0.4) is 0 Å². The number of hydrogen-bond donors (Lipinski definition) is 2. The Bertz CT molecular complexity index is 1380. The average molecular weight is 460 g/mol. The number of benzene rings is 2. The van der Waals surface area contributed by atoms with Gasteiger partial charge in [-0.05, 0) is 42.3 Å². The van der Waals surface area contributed by atoms with Gasteiger partial charge in [0.05, 0.1) is 18.1 Å². The molecule has 3 N–H and O–H groups in total. The van der Waals surface area contributed by atoms with Crippen LogP contribution in [0.5, 0.6) is 5.75 Å². The van der Waals surface area contributed by atoms with E-state index in [0.29, 0.717) is 22.0 Å². The van der Waals surface area contributed by atoms with Crippen LogP contribution in [0, 0.1) is 24.2 Å². The Balaban J connectivity index is 1.79. The molecule has 0 spiro atoms. The second-order valence-electron chi connectivity index (χ2n) is 7.42. The van der Waals surface area contributed by atoms with Crippen LogP contribution in [0.2, 0.25) is 0 Å². The van der Waals surface area contributed by atoms with Crippen LogP contribution in [0.1, 0.15) is 22.7 Å². The van der Waals surface area contributed by atoms with Crippen LogP contribution in [0.15, 0.2) is 65.6 Å². The molecule has 0 aliphatic rings. The van der Waals surface area contributed by atoms with Gasteiger partial charge in [0.25, 0.3) is 5.56 Å². The van der Waals surface area contributed by atoms with Crippen molar-refractivity contribution in [2.24, 2.45) is 11.7 Å². The number of rotatable bonds is 7. The number of nitrogens with one attached hydrogen (secondary N) is 1. The van der Waals surface area contributed by atoms with Crippen LogP contribution in [-0.4, -0.2) is 27.8 Å². The first kappa shape index (κ1) is 22.0. The highest BCUT2D eigenvalue weighted by Gasteiger charge is 2.34. The number of aromatic nitrogens is 3. The second kappa shape index (κ2) is 9.14. The van der Waals surface area contributed by atoms with E-state index in [1.54, 1.807) is 44.5 Å². The molecular formula is C24H21N5O3S. The summed E-state index contributed by atoms with van der Waals surface area (Å²) in [5, 5.41) is 13.2. The van der Waals surface area contributed by atoms with Gasteiger partial charge in [0.15, 0.2) is 0 Å². The maximum atomic E-state index is 13.5. The molecule has 0 unspecified atom stereocenters. The number of aromatic amines is 1. The summed E-state index contributed by atoms with van der Waals surface area (Å²) in [6.45, 7) is 1.73. The average Bonchev–Trinajstić information content (AvgIpc) is 3.42. The number of carbonyl (C=O) groups is 1. The summed E-state index contributed by atoms with van der Waals surface area (Å²) < 4.78 is 6.54. The van der Waals surface area contributed by atoms with E-state index in [1.807, 2.05) is 36.4 Å². The van der Waals surface area contributed by atoms with Crippen molar-refractivity contribution in [3.8, 4) is 27.4 Å². The van der Waals surface area contributed by atoms with Gasteiger partial charge in [0.1, 0.15) is 11.7 Å². The molecule has 2 atom stereocenters. The molecule has 2 aromatic heterocycles. The summed E-state index contributed by atoms with van der Waals surface area (Å²) in [5.74, 6) is -2.04. The van der Waals surface area contributed by atoms with Gasteiger partial charge >= 0.3 is 0 Å². The zero-order valence-electron chi connectivity index (χ0n) is 18.0. The first-order valence-corrected chi connectivity index (χ1v) is 10.9. The third kappa shape index (κ3) is 4.16. The Hall–Kier alpha value is -4.16. The number of ether oxygens (including phenoxy) is 1. The van der Waals surface area contributed by atoms with Crippen LogP contribution < -0.4 is 16.0 Å². The number of carbonyl (C=O) groups excluding carboxylic acids is 1. The smallest absolute Gasteiger partial charge is 0.277 e. The Morgan fingerprint density at radius 3 is 2.52 bits per heavy atom. The molecule has 2 aromatic carbocycles. The normalized spacial score (nSPS) is 12.6. The molecule has 0 saturated carbocycles. The summed E-state index contributed by atoms with van der Waals surface area (Å²) >= 11 is 1.34. The Kier molecular flexibility index (Phi) is 6.11. The number of amides is 1. The van der Waals surface area contributed by atoms with E-state index >= 15 is 0 Å². The molecule has 0 fully saturated rings. The Labute approximate surface area is 193 Å². The predicted octanol–water partition coefficient (Wildman–Crippen LogP) is 3.36. The fourth-order valence-electron chi connectivity index (χ4n) is 3.81. The monoisotopic (exact) mass is 459 g/mol. The minimum absolute atomic E-state index is 0.313. The molecule has 0 saturated heterocycles. The van der Waals surface area contributed by atoms with Gasteiger partial charge in [-0.3, -0.25) is 14.7 Å². The van der Waals surface area contributed by atoms with Gasteiger partial charge in [-0.2, -0.15) is 9.94 Å². The van der Waals surface area contributed by atoms with Gasteiger partial charge in [-0.15, -0.1) is 0 Å². The highest BCUT2D eigenvalue weighted by atomic mass is 32.1. The second-order valence-corrected chi connectivity index (χ2v) is 8.43. The predicted molar refractivity (Wildman–Crippen MR) is 125 cm³/mol. The van der Waals surface area contributed by atoms with Crippen molar-refractivity contribution in [2.45, 2.75) is 12.8 Å². The Morgan fingerprint density at radius 2 is 1.91 bits per heavy atom. The summed E-state index contributed by atoms with van der Waals surface area (Å²) in [5.41, 5.74) is 7.61. The summed E-state index contributed by atoms with van der Waals surface area (Å²) in [6.07, 6.45) is 1.69. The van der Waals surface area contributed by atoms with Crippen molar-refractivity contribution < 1.29 is 9.53 Å². The number of nitriles is 1. The maximum absolute atomic E-state index is 13.5. The standard InChI is InChI=1S/C24H21N5O3S/c1-14-20(21(18(12-25)22(26)30)16-6-4-3-5-7-16)23(31)29(28-14)24-27-13-19(33-24)15-8-10-17(32-2)11-9-15/h3-11,13,18,21,28H,1-2H3,(H2,26,30)/t18-,21-/m0/s1. The molecule has 9 heteroatoms. The molecule has 0 aliphatic carbocycles. The minimum Gasteiger partial charge on any atom is -0.497 e. The van der Waals surface area contributed by atoms with E-state index < -0.39 is 17.7 Å². The van der Waals surface area contributed by atoms with Crippen molar-refractivity contribution in [1.82, 2.24) is 14.8 Å². The van der Waals surface area contributed by atoms with Gasteiger partial charge in [0, 0.05) is 23.4 Å². The quantitative estimate of drug-likeness (QED) is 0.438. The lowest BCUT2D eigenvalue weighted by molar-refractivity contribution is -0.120. The highest BCUT2D eigenvalue weighted by molar-refractivity contribution is 7.17. The van der Waals surface area contributed by atoms with Crippen molar-refractivity contribution in [3.63, 3.8) is 0 Å². The molecule has 0 radical (unpaired) electrons. The van der Waals surface area contributed by atoms with Crippen molar-refractivity contribution in [2.75, 3.05) is 7.11 Å². The first-order chi connectivity index (χ1) is 15.9. The number of aryl methyl sites for hydroxylation is 1. The molecule has 33 heavy (non-hydrogen) atoms. The van der Waals surface area contributed by atoms with E-state index in [4.69, 9.17) is 10.5 Å². The SMILES string of the molecule is COc1ccc(-c2cnc(-n3[nH]c(C)c([C@@H](c4ccccc4)[C@H](C#N)C(N)=O)c3=O)s2)cc1. The lowest BCUT2D eigenvalue weighted by Crippen LogP contribution is -2.31. The van der Waals surface area contributed by atoms with Gasteiger partial charge in [0.2, 0.25) is 11.0 Å². The van der Waals surface area contributed by atoms with Crippen molar-refractivity contribution in [1.29, 1.82) is 5.26 Å². The zero-order valence-corrected chi connectivity index (χ0v) is 18.8. The number of nitrogens with two attached hydrogens (primary N) is 1. The van der Waals surface area contributed by atoms with Crippen molar-refractivity contribution in [3.05, 3.63) is 88.0 Å². The molecular weight excluding hydrogens is 438 g/mol. The molecule has 0 aliphatic heterocycles. The minimum atomic E-state index is -1.20. The molecule has 8 nitrogen and oxygen atoms in total. The van der Waals surface area contributed by atoms with Crippen LogP contribution in [0.25, 0.3) is 15.6 Å². The zero-order chi connectivity index (χ0) is 23.5. The van der Waals surface area contributed by atoms with Crippen LogP contribution in [-0.2, 0) is 4.79 Å². The van der Waals surface area contributed by atoms with E-state index in [1.165, 1.54) is 16.0 Å². The molecule has 0 bridgehead atoms. The van der Waals surface area contributed by atoms with Gasteiger partial charge in [-0.1, -0.05) is 41.7 Å². The molecule has 4 rings (SSSR count). The fraction of sp³-hybridized carbons (Fsp3) is 0.167. The lowest BCUT2D eigenvalue weighted by Gasteiger charge is -2.19. The van der Waals surface area contributed by atoms with Crippen molar-refractivity contribution >= 4 is 17.2 Å². The Morgan fingerprint density at radius 1 is 1.21 bits per heavy atom. The van der Waals surface area contributed by atoms with Crippen LogP contribution >= 0.6 is 11.3 Å². The topological polar surface area (TPSA) is 127 Å². The number of nitrogens with zero attached hydrogens (tertiary/aromatic N) is 3. The summed E-state index contributed by atoms with van der Waals surface area (Å²) in [7, 11) is 1.61. The summed E-state index contributed by atoms with van der Waals surface area (Å²) in [4.78, 5) is 30.9. The molecule has 2 heterocycles. The molecule has 1 amide bonds. The van der Waals surface area contributed by atoms with Gasteiger partial charge in [-0.25, -0.2) is 4.98 Å². The third-order valence-corrected chi connectivity index (χ3v) is 6.46.